The molecule has 0 aliphatic heterocycles. The molecule has 8 nitrogen and oxygen atoms in total. The lowest BCUT2D eigenvalue weighted by molar-refractivity contribution is 0.131. The van der Waals surface area contributed by atoms with Crippen molar-refractivity contribution in [1.29, 1.82) is 0 Å². The number of unbranched alkanes of at least 4 members (excludes halogenated alkanes) is 2. The third kappa shape index (κ3) is 9.66. The van der Waals surface area contributed by atoms with Crippen molar-refractivity contribution in [3.63, 3.8) is 0 Å². The van der Waals surface area contributed by atoms with Crippen LogP contribution in [0, 0.1) is 0 Å². The summed E-state index contributed by atoms with van der Waals surface area (Å²) in [6, 6.07) is 14.4. The van der Waals surface area contributed by atoms with E-state index in [1.165, 1.54) is 0 Å². The first-order valence-corrected chi connectivity index (χ1v) is 12.9. The van der Waals surface area contributed by atoms with Crippen LogP contribution in [0.1, 0.15) is 52.4 Å². The van der Waals surface area contributed by atoms with Crippen molar-refractivity contribution in [2.24, 2.45) is 0 Å². The number of hydrogen-bond donors (Lipinski definition) is 3. The van der Waals surface area contributed by atoms with Crippen molar-refractivity contribution in [3.05, 3.63) is 42.5 Å². The number of benzene rings is 2. The Kier molecular flexibility index (Phi) is 12.1. The molecule has 0 unspecified atom stereocenters. The van der Waals surface area contributed by atoms with E-state index in [-0.39, 0.29) is 0 Å². The second-order valence-corrected chi connectivity index (χ2v) is 8.45. The van der Waals surface area contributed by atoms with Crippen molar-refractivity contribution in [2.75, 3.05) is 55.5 Å². The monoisotopic (exact) mass is 480 g/mol. The molecule has 35 heavy (non-hydrogen) atoms. The summed E-state index contributed by atoms with van der Waals surface area (Å²) in [5.74, 6) is 1.58. The summed E-state index contributed by atoms with van der Waals surface area (Å²) in [5.41, 5.74) is 0.958. The lowest BCUT2D eigenvalue weighted by atomic mass is 10.1. The second-order valence-electron chi connectivity index (χ2n) is 8.45. The molecule has 1 heterocycles. The normalized spacial score (nSPS) is 11.0. The third-order valence-corrected chi connectivity index (χ3v) is 5.45. The summed E-state index contributed by atoms with van der Waals surface area (Å²) < 4.78 is 11.3. The largest absolute Gasteiger partial charge is 0.381 e. The Morgan fingerprint density at radius 1 is 0.629 bits per heavy atom. The lowest BCUT2D eigenvalue weighted by Crippen LogP contribution is -2.14. The number of ether oxygens (including phenoxy) is 2. The van der Waals surface area contributed by atoms with Gasteiger partial charge in [0.05, 0.1) is 0 Å². The van der Waals surface area contributed by atoms with Crippen LogP contribution in [0.5, 0.6) is 0 Å². The maximum Gasteiger partial charge on any atom is 0.233 e. The number of nitrogens with one attached hydrogen (secondary N) is 3. The summed E-state index contributed by atoms with van der Waals surface area (Å²) in [6.07, 6.45) is 6.27. The summed E-state index contributed by atoms with van der Waals surface area (Å²) in [7, 11) is 0. The summed E-state index contributed by atoms with van der Waals surface area (Å²) in [6.45, 7) is 8.88. The highest BCUT2D eigenvalue weighted by molar-refractivity contribution is 5.94. The minimum Gasteiger partial charge on any atom is -0.381 e. The smallest absolute Gasteiger partial charge is 0.233 e. The average Bonchev–Trinajstić information content (AvgIpc) is 2.88. The Labute approximate surface area is 209 Å². The molecule has 190 valence electrons. The van der Waals surface area contributed by atoms with Crippen molar-refractivity contribution in [2.45, 2.75) is 52.4 Å². The molecule has 0 amide bonds. The second kappa shape index (κ2) is 15.8. The molecule has 2 aromatic carbocycles. The van der Waals surface area contributed by atoms with Gasteiger partial charge in [0.25, 0.3) is 0 Å². The molecule has 3 N–H and O–H groups in total. The molecule has 0 fully saturated rings. The van der Waals surface area contributed by atoms with E-state index in [4.69, 9.17) is 9.47 Å². The number of aromatic nitrogens is 3. The van der Waals surface area contributed by atoms with E-state index in [1.54, 1.807) is 0 Å². The van der Waals surface area contributed by atoms with Gasteiger partial charge in [-0.3, -0.25) is 0 Å². The fourth-order valence-corrected chi connectivity index (χ4v) is 3.49. The Morgan fingerprint density at radius 3 is 1.80 bits per heavy atom. The maximum absolute atomic E-state index is 5.65. The van der Waals surface area contributed by atoms with E-state index in [0.29, 0.717) is 17.8 Å². The molecule has 0 spiro atoms. The minimum atomic E-state index is 0.500. The molecule has 0 saturated heterocycles. The number of hydrogen-bond acceptors (Lipinski definition) is 8. The van der Waals surface area contributed by atoms with E-state index in [2.05, 4.69) is 62.9 Å². The van der Waals surface area contributed by atoms with Gasteiger partial charge < -0.3 is 25.4 Å². The molecule has 8 heteroatoms. The Bertz CT molecular complexity index is 959. The number of fused-ring (bicyclic) bond motifs is 1. The highest BCUT2D eigenvalue weighted by Gasteiger charge is 2.09. The number of nitrogens with zero attached hydrogens (tertiary/aromatic N) is 3. The highest BCUT2D eigenvalue weighted by atomic mass is 16.5. The standard InChI is InChI=1S/C27H40N6O2/c1-3-5-18-34-20-10-16-28-25-31-26(29-17-11-21-35-19-6-4-2)33-27(32-25)30-24-15-9-13-22-12-7-8-14-23(22)24/h7-9,12-15H,3-6,10-11,16-21H2,1-2H3,(H3,28,29,30,31,32,33). The van der Waals surface area contributed by atoms with E-state index < -0.39 is 0 Å². The molecule has 3 rings (SSSR count). The fourth-order valence-electron chi connectivity index (χ4n) is 3.49. The third-order valence-electron chi connectivity index (χ3n) is 5.45. The van der Waals surface area contributed by atoms with Crippen LogP contribution in [0.25, 0.3) is 10.8 Å². The predicted molar refractivity (Wildman–Crippen MR) is 145 cm³/mol. The molecule has 1 aromatic heterocycles. The molecule has 0 atom stereocenters. The van der Waals surface area contributed by atoms with Gasteiger partial charge >= 0.3 is 0 Å². The zero-order valence-corrected chi connectivity index (χ0v) is 21.2. The van der Waals surface area contributed by atoms with Gasteiger partial charge in [0.1, 0.15) is 0 Å². The van der Waals surface area contributed by atoms with Crippen LogP contribution in [0.3, 0.4) is 0 Å². The zero-order chi connectivity index (χ0) is 24.6. The molecular formula is C27H40N6O2. The topological polar surface area (TPSA) is 93.2 Å². The van der Waals surface area contributed by atoms with Crippen molar-refractivity contribution < 1.29 is 9.47 Å². The van der Waals surface area contributed by atoms with Crippen LogP contribution >= 0.6 is 0 Å². The first-order chi connectivity index (χ1) is 17.3. The van der Waals surface area contributed by atoms with E-state index in [0.717, 1.165) is 94.5 Å². The number of anilines is 4. The van der Waals surface area contributed by atoms with E-state index >= 15 is 0 Å². The quantitative estimate of drug-likeness (QED) is 0.191. The van der Waals surface area contributed by atoms with Crippen LogP contribution in [-0.4, -0.2) is 54.5 Å². The van der Waals surface area contributed by atoms with Crippen molar-refractivity contribution >= 4 is 34.3 Å². The van der Waals surface area contributed by atoms with Gasteiger partial charge in [-0.2, -0.15) is 15.0 Å². The maximum atomic E-state index is 5.65. The molecule has 0 saturated carbocycles. The van der Waals surface area contributed by atoms with Gasteiger partial charge in [-0.25, -0.2) is 0 Å². The highest BCUT2D eigenvalue weighted by Crippen LogP contribution is 2.25. The zero-order valence-electron chi connectivity index (χ0n) is 21.2. The van der Waals surface area contributed by atoms with Gasteiger partial charge in [0, 0.05) is 50.6 Å². The average molecular weight is 481 g/mol. The molecule has 0 radical (unpaired) electrons. The molecule has 0 aliphatic carbocycles. The van der Waals surface area contributed by atoms with Crippen molar-refractivity contribution in [3.8, 4) is 0 Å². The molecule has 0 bridgehead atoms. The Balaban J connectivity index is 1.62. The molecular weight excluding hydrogens is 440 g/mol. The lowest BCUT2D eigenvalue weighted by Gasteiger charge is -2.13. The van der Waals surface area contributed by atoms with Crippen molar-refractivity contribution in [1.82, 2.24) is 15.0 Å². The Morgan fingerprint density at radius 2 is 1.17 bits per heavy atom. The summed E-state index contributed by atoms with van der Waals surface area (Å²) >= 11 is 0. The van der Waals surface area contributed by atoms with Gasteiger partial charge in [0.2, 0.25) is 17.8 Å². The van der Waals surface area contributed by atoms with Gasteiger partial charge in [-0.1, -0.05) is 63.1 Å². The van der Waals surface area contributed by atoms with Crippen LogP contribution in [-0.2, 0) is 9.47 Å². The fraction of sp³-hybridized carbons (Fsp3) is 0.519. The molecule has 0 aliphatic rings. The van der Waals surface area contributed by atoms with Crippen LogP contribution in [0.15, 0.2) is 42.5 Å². The van der Waals surface area contributed by atoms with Crippen LogP contribution in [0.4, 0.5) is 23.5 Å². The van der Waals surface area contributed by atoms with Crippen LogP contribution in [0.2, 0.25) is 0 Å². The number of rotatable bonds is 18. The SMILES string of the molecule is CCCCOCCCNc1nc(NCCCOCCCC)nc(Nc2cccc3ccccc23)n1. The van der Waals surface area contributed by atoms with E-state index in [1.807, 2.05) is 24.3 Å². The first kappa shape index (κ1) is 26.6. The van der Waals surface area contributed by atoms with E-state index in [9.17, 15) is 0 Å². The minimum absolute atomic E-state index is 0.500. The first-order valence-electron chi connectivity index (χ1n) is 12.9. The Hall–Kier alpha value is -2.97. The summed E-state index contributed by atoms with van der Waals surface area (Å²) in [5, 5.41) is 12.3. The molecule has 3 aromatic rings. The van der Waals surface area contributed by atoms with Gasteiger partial charge in [0.15, 0.2) is 0 Å². The van der Waals surface area contributed by atoms with Gasteiger partial charge in [-0.05, 0) is 37.1 Å². The van der Waals surface area contributed by atoms with Crippen LogP contribution < -0.4 is 16.0 Å². The summed E-state index contributed by atoms with van der Waals surface area (Å²) in [4.78, 5) is 13.8. The predicted octanol–water partition coefficient (Wildman–Crippen LogP) is 6.01. The van der Waals surface area contributed by atoms with Gasteiger partial charge in [-0.15, -0.1) is 0 Å².